The molecular formula is C30H42BrNO3. The van der Waals surface area contributed by atoms with Crippen LogP contribution in [0.5, 0.6) is 5.75 Å². The second-order valence-corrected chi connectivity index (χ2v) is 11.2. The van der Waals surface area contributed by atoms with Gasteiger partial charge < -0.3 is 36.0 Å². The fourth-order valence-electron chi connectivity index (χ4n) is 6.75. The van der Waals surface area contributed by atoms with Crippen LogP contribution in [0.3, 0.4) is 0 Å². The van der Waals surface area contributed by atoms with Gasteiger partial charge in [-0.2, -0.15) is 0 Å². The van der Waals surface area contributed by atoms with E-state index < -0.39 is 5.60 Å². The van der Waals surface area contributed by atoms with E-state index in [1.54, 1.807) is 0 Å². The van der Waals surface area contributed by atoms with Crippen LogP contribution in [-0.2, 0) is 10.3 Å². The van der Waals surface area contributed by atoms with Gasteiger partial charge in [0.1, 0.15) is 24.0 Å². The molecule has 1 saturated carbocycles. The van der Waals surface area contributed by atoms with E-state index in [2.05, 4.69) is 43.3 Å². The standard InChI is InChI=1S/C30H42NO3.BrH/c1-24-12-14-28(15-13-24)33-21-7-18-31-19-16-25(17-20-31)29(22-31)34-23-30(32,27-10-5-6-11-27)26-8-3-2-4-9-26;/h2-4,8-9,12-15,25,27,29,32H,5-7,10-11,16-23H2,1H3;1H/q+1;/p-1. The molecule has 2 aromatic rings. The molecule has 3 heterocycles. The van der Waals surface area contributed by atoms with E-state index in [9.17, 15) is 5.11 Å². The van der Waals surface area contributed by atoms with E-state index in [1.165, 1.54) is 44.3 Å². The van der Waals surface area contributed by atoms with Gasteiger partial charge in [0.05, 0.1) is 32.8 Å². The Morgan fingerprint density at radius 2 is 1.63 bits per heavy atom. The lowest BCUT2D eigenvalue weighted by molar-refractivity contribution is -0.946. The molecule has 2 bridgehead atoms. The Kier molecular flexibility index (Phi) is 8.96. The van der Waals surface area contributed by atoms with E-state index in [0.717, 1.165) is 54.8 Å². The highest BCUT2D eigenvalue weighted by Crippen LogP contribution is 2.42. The molecule has 2 aromatic carbocycles. The fraction of sp³-hybridized carbons (Fsp3) is 0.600. The minimum absolute atomic E-state index is 0. The molecule has 2 unspecified atom stereocenters. The van der Waals surface area contributed by atoms with Gasteiger partial charge in [0, 0.05) is 25.2 Å². The van der Waals surface area contributed by atoms with Gasteiger partial charge in [0.15, 0.2) is 0 Å². The summed E-state index contributed by atoms with van der Waals surface area (Å²) in [4.78, 5) is 0. The summed E-state index contributed by atoms with van der Waals surface area (Å²) in [6, 6.07) is 18.6. The predicted octanol–water partition coefficient (Wildman–Crippen LogP) is 2.47. The third-order valence-electron chi connectivity index (χ3n) is 8.93. The van der Waals surface area contributed by atoms with Crippen LogP contribution >= 0.6 is 0 Å². The smallest absolute Gasteiger partial charge is 0.119 e. The predicted molar refractivity (Wildman–Crippen MR) is 136 cm³/mol. The van der Waals surface area contributed by atoms with E-state index in [-0.39, 0.29) is 23.1 Å². The van der Waals surface area contributed by atoms with Crippen molar-refractivity contribution in [1.29, 1.82) is 0 Å². The van der Waals surface area contributed by atoms with Gasteiger partial charge in [0.25, 0.3) is 0 Å². The first-order valence-electron chi connectivity index (χ1n) is 13.5. The number of piperidine rings is 3. The number of rotatable bonds is 10. The fourth-order valence-corrected chi connectivity index (χ4v) is 6.75. The maximum Gasteiger partial charge on any atom is 0.119 e. The highest BCUT2D eigenvalue weighted by Gasteiger charge is 2.48. The Bertz CT molecular complexity index is 907. The zero-order valence-electron chi connectivity index (χ0n) is 21.2. The van der Waals surface area contributed by atoms with Crippen LogP contribution in [0.15, 0.2) is 54.6 Å². The molecule has 3 saturated heterocycles. The maximum atomic E-state index is 11.9. The molecule has 0 aromatic heterocycles. The number of nitrogens with zero attached hydrogens (tertiary/aromatic N) is 1. The first kappa shape index (κ1) is 26.7. The second-order valence-electron chi connectivity index (χ2n) is 11.2. The molecule has 0 spiro atoms. The Morgan fingerprint density at radius 3 is 2.31 bits per heavy atom. The third kappa shape index (κ3) is 6.12. The Balaban J connectivity index is 0.00000289. The summed E-state index contributed by atoms with van der Waals surface area (Å²) in [6.45, 7) is 8.08. The van der Waals surface area contributed by atoms with Crippen molar-refractivity contribution in [3.63, 3.8) is 0 Å². The van der Waals surface area contributed by atoms with Crippen molar-refractivity contribution < 1.29 is 36.0 Å². The summed E-state index contributed by atoms with van der Waals surface area (Å²) >= 11 is 0. The number of hydrogen-bond acceptors (Lipinski definition) is 3. The molecule has 4 aliphatic rings. The van der Waals surface area contributed by atoms with Gasteiger partial charge in [-0.1, -0.05) is 60.9 Å². The van der Waals surface area contributed by atoms with Crippen LogP contribution in [0, 0.1) is 18.8 Å². The highest BCUT2D eigenvalue weighted by atomic mass is 79.9. The summed E-state index contributed by atoms with van der Waals surface area (Å²) in [7, 11) is 0. The topological polar surface area (TPSA) is 38.7 Å². The van der Waals surface area contributed by atoms with Crippen LogP contribution in [0.1, 0.15) is 56.1 Å². The molecule has 0 amide bonds. The van der Waals surface area contributed by atoms with Crippen LogP contribution < -0.4 is 21.7 Å². The second kappa shape index (κ2) is 11.8. The first-order chi connectivity index (χ1) is 16.6. The summed E-state index contributed by atoms with van der Waals surface area (Å²) in [5.74, 6) is 1.92. The summed E-state index contributed by atoms with van der Waals surface area (Å²) < 4.78 is 13.8. The highest BCUT2D eigenvalue weighted by molar-refractivity contribution is 5.26. The minimum atomic E-state index is -0.865. The zero-order valence-corrected chi connectivity index (χ0v) is 22.8. The maximum absolute atomic E-state index is 11.9. The van der Waals surface area contributed by atoms with Crippen molar-refractivity contribution in [2.75, 3.05) is 39.4 Å². The quantitative estimate of drug-likeness (QED) is 0.369. The number of aryl methyl sites for hydroxylation is 1. The molecule has 1 aliphatic carbocycles. The van der Waals surface area contributed by atoms with E-state index in [4.69, 9.17) is 9.47 Å². The molecule has 1 N–H and O–H groups in total. The number of ether oxygens (including phenoxy) is 2. The van der Waals surface area contributed by atoms with Gasteiger partial charge in [-0.25, -0.2) is 0 Å². The van der Waals surface area contributed by atoms with Crippen molar-refractivity contribution in [3.05, 3.63) is 65.7 Å². The molecule has 0 radical (unpaired) electrons. The van der Waals surface area contributed by atoms with Gasteiger partial charge in [-0.05, 0) is 43.4 Å². The molecule has 4 fully saturated rings. The molecule has 3 aliphatic heterocycles. The van der Waals surface area contributed by atoms with Crippen molar-refractivity contribution >= 4 is 0 Å². The molecule has 2 atom stereocenters. The van der Waals surface area contributed by atoms with Crippen LogP contribution in [0.2, 0.25) is 0 Å². The first-order valence-corrected chi connectivity index (χ1v) is 13.5. The van der Waals surface area contributed by atoms with Gasteiger partial charge in [-0.15, -0.1) is 0 Å². The lowest BCUT2D eigenvalue weighted by Gasteiger charge is -2.53. The summed E-state index contributed by atoms with van der Waals surface area (Å²) in [5.41, 5.74) is 1.43. The largest absolute Gasteiger partial charge is 1.00 e. The molecule has 6 rings (SSSR count). The SMILES string of the molecule is Cc1ccc(OCCC[N+]23CCC(CC2)C(OCC(O)(c2ccccc2)C2CCCC2)C3)cc1.[Br-]. The average molecular weight is 545 g/mol. The Labute approximate surface area is 222 Å². The van der Waals surface area contributed by atoms with E-state index in [1.807, 2.05) is 18.2 Å². The molecular weight excluding hydrogens is 502 g/mol. The zero-order chi connectivity index (χ0) is 23.4. The third-order valence-corrected chi connectivity index (χ3v) is 8.93. The lowest BCUT2D eigenvalue weighted by Crippen LogP contribution is -3.00. The number of aliphatic hydroxyl groups is 1. The number of benzene rings is 2. The average Bonchev–Trinajstić information content (AvgIpc) is 3.43. The molecule has 35 heavy (non-hydrogen) atoms. The monoisotopic (exact) mass is 543 g/mol. The number of hydrogen-bond donors (Lipinski definition) is 1. The van der Waals surface area contributed by atoms with Crippen LogP contribution in [-0.4, -0.2) is 55.1 Å². The van der Waals surface area contributed by atoms with Gasteiger partial charge in [-0.3, -0.25) is 0 Å². The van der Waals surface area contributed by atoms with Gasteiger partial charge in [0.2, 0.25) is 0 Å². The van der Waals surface area contributed by atoms with Gasteiger partial charge >= 0.3 is 0 Å². The Morgan fingerprint density at radius 1 is 0.943 bits per heavy atom. The lowest BCUT2D eigenvalue weighted by atomic mass is 9.80. The van der Waals surface area contributed by atoms with Crippen LogP contribution in [0.25, 0.3) is 0 Å². The number of halogens is 1. The van der Waals surface area contributed by atoms with E-state index in [0.29, 0.717) is 18.4 Å². The van der Waals surface area contributed by atoms with Crippen LogP contribution in [0.4, 0.5) is 0 Å². The number of quaternary nitrogens is 1. The summed E-state index contributed by atoms with van der Waals surface area (Å²) in [5, 5.41) is 11.9. The van der Waals surface area contributed by atoms with Crippen molar-refractivity contribution in [2.24, 2.45) is 11.8 Å². The molecule has 5 heteroatoms. The summed E-state index contributed by atoms with van der Waals surface area (Å²) in [6.07, 6.45) is 8.46. The van der Waals surface area contributed by atoms with Crippen molar-refractivity contribution in [3.8, 4) is 5.75 Å². The number of fused-ring (bicyclic) bond motifs is 3. The van der Waals surface area contributed by atoms with E-state index >= 15 is 0 Å². The normalized spacial score (nSPS) is 27.8. The van der Waals surface area contributed by atoms with Crippen molar-refractivity contribution in [2.45, 2.75) is 63.6 Å². The van der Waals surface area contributed by atoms with Crippen molar-refractivity contribution in [1.82, 2.24) is 0 Å². The Hall–Kier alpha value is -1.40. The molecule has 192 valence electrons. The minimum Gasteiger partial charge on any atom is -1.00 e. The molecule has 4 nitrogen and oxygen atoms in total.